The maximum absolute atomic E-state index is 11.8. The molecule has 1 heterocycles. The normalized spacial score (nSPS) is 23.9. The monoisotopic (exact) mass is 271 g/mol. The van der Waals surface area contributed by atoms with Gasteiger partial charge in [0.15, 0.2) is 0 Å². The summed E-state index contributed by atoms with van der Waals surface area (Å²) >= 11 is 0. The number of amides is 2. The van der Waals surface area contributed by atoms with Crippen LogP contribution in [0.2, 0.25) is 0 Å². The van der Waals surface area contributed by atoms with Gasteiger partial charge >= 0.3 is 0 Å². The lowest BCUT2D eigenvalue weighted by Gasteiger charge is -2.14. The van der Waals surface area contributed by atoms with Crippen LogP contribution in [0.25, 0.3) is 0 Å². The Balaban J connectivity index is 2.15. The largest absolute Gasteiger partial charge is 0.364 e. The molecule has 0 saturated carbocycles. The zero-order chi connectivity index (χ0) is 14.3. The van der Waals surface area contributed by atoms with E-state index in [2.05, 4.69) is 10.6 Å². The molecule has 1 aliphatic rings. The molecule has 6 nitrogen and oxygen atoms in total. The molecular weight excluding hydrogens is 246 g/mol. The molecule has 0 radical (unpaired) electrons. The predicted octanol–water partition coefficient (Wildman–Crippen LogP) is -0.0863. The van der Waals surface area contributed by atoms with Crippen molar-refractivity contribution in [2.24, 2.45) is 5.73 Å². The van der Waals surface area contributed by atoms with Crippen LogP contribution in [-0.4, -0.2) is 43.2 Å². The summed E-state index contributed by atoms with van der Waals surface area (Å²) < 4.78 is 5.47. The van der Waals surface area contributed by atoms with Gasteiger partial charge in [-0.2, -0.15) is 0 Å². The van der Waals surface area contributed by atoms with Crippen molar-refractivity contribution in [1.29, 1.82) is 0 Å². The first-order valence-corrected chi connectivity index (χ1v) is 6.99. The van der Waals surface area contributed by atoms with E-state index in [1.165, 1.54) is 0 Å². The van der Waals surface area contributed by atoms with Gasteiger partial charge in [0, 0.05) is 25.6 Å². The molecule has 1 aliphatic heterocycles. The number of nitrogens with one attached hydrogen (secondary N) is 2. The summed E-state index contributed by atoms with van der Waals surface area (Å²) in [5, 5.41) is 5.58. The molecule has 2 amide bonds. The van der Waals surface area contributed by atoms with E-state index < -0.39 is 6.10 Å². The molecule has 3 unspecified atom stereocenters. The highest BCUT2D eigenvalue weighted by Gasteiger charge is 2.29. The molecule has 3 atom stereocenters. The number of nitrogens with two attached hydrogens (primary N) is 1. The third-order valence-electron chi connectivity index (χ3n) is 3.33. The van der Waals surface area contributed by atoms with Gasteiger partial charge in [-0.3, -0.25) is 9.59 Å². The van der Waals surface area contributed by atoms with Crippen molar-refractivity contribution in [2.45, 2.75) is 57.8 Å². The Labute approximate surface area is 114 Å². The molecule has 1 fully saturated rings. The second-order valence-electron chi connectivity index (χ2n) is 4.98. The Morgan fingerprint density at radius 1 is 1.42 bits per heavy atom. The summed E-state index contributed by atoms with van der Waals surface area (Å²) in [7, 11) is 0. The lowest BCUT2D eigenvalue weighted by Crippen LogP contribution is -2.39. The van der Waals surface area contributed by atoms with Crippen LogP contribution in [0.5, 0.6) is 0 Å². The molecule has 1 rings (SSSR count). The van der Waals surface area contributed by atoms with Crippen LogP contribution < -0.4 is 16.4 Å². The predicted molar refractivity (Wildman–Crippen MR) is 72.5 cm³/mol. The highest BCUT2D eigenvalue weighted by molar-refractivity contribution is 5.82. The van der Waals surface area contributed by atoms with E-state index in [4.69, 9.17) is 10.5 Å². The van der Waals surface area contributed by atoms with Crippen LogP contribution in [0.15, 0.2) is 0 Å². The lowest BCUT2D eigenvalue weighted by atomic mass is 10.2. The average Bonchev–Trinajstić information content (AvgIpc) is 2.87. The number of carbonyl (C=O) groups is 2. The van der Waals surface area contributed by atoms with Crippen LogP contribution in [0.3, 0.4) is 0 Å². The van der Waals surface area contributed by atoms with Crippen molar-refractivity contribution < 1.29 is 14.3 Å². The Bertz CT molecular complexity index is 310. The minimum absolute atomic E-state index is 0.00977. The zero-order valence-electron chi connectivity index (χ0n) is 11.8. The summed E-state index contributed by atoms with van der Waals surface area (Å²) in [4.78, 5) is 23.3. The van der Waals surface area contributed by atoms with E-state index in [1.54, 1.807) is 0 Å². The van der Waals surface area contributed by atoms with Crippen LogP contribution >= 0.6 is 0 Å². The van der Waals surface area contributed by atoms with E-state index in [0.29, 0.717) is 25.9 Å². The van der Waals surface area contributed by atoms with Crippen molar-refractivity contribution in [3.8, 4) is 0 Å². The van der Waals surface area contributed by atoms with E-state index in [9.17, 15) is 9.59 Å². The van der Waals surface area contributed by atoms with Gasteiger partial charge in [-0.05, 0) is 26.2 Å². The Morgan fingerprint density at radius 3 is 2.74 bits per heavy atom. The van der Waals surface area contributed by atoms with Crippen LogP contribution in [0.4, 0.5) is 0 Å². The Morgan fingerprint density at radius 2 is 2.16 bits per heavy atom. The fourth-order valence-electron chi connectivity index (χ4n) is 1.93. The Kier molecular flexibility index (Phi) is 6.80. The fourth-order valence-corrected chi connectivity index (χ4v) is 1.93. The smallest absolute Gasteiger partial charge is 0.249 e. The molecule has 0 aromatic heterocycles. The van der Waals surface area contributed by atoms with Gasteiger partial charge in [0.25, 0.3) is 0 Å². The minimum atomic E-state index is -0.411. The quantitative estimate of drug-likeness (QED) is 0.603. The van der Waals surface area contributed by atoms with Gasteiger partial charge in [0.2, 0.25) is 11.8 Å². The number of ether oxygens (including phenoxy) is 1. The number of rotatable bonds is 7. The highest BCUT2D eigenvalue weighted by atomic mass is 16.5. The second-order valence-corrected chi connectivity index (χ2v) is 4.98. The van der Waals surface area contributed by atoms with Crippen molar-refractivity contribution >= 4 is 11.8 Å². The highest BCUT2D eigenvalue weighted by Crippen LogP contribution is 2.18. The van der Waals surface area contributed by atoms with Crippen molar-refractivity contribution in [2.75, 3.05) is 13.1 Å². The average molecular weight is 271 g/mol. The van der Waals surface area contributed by atoms with E-state index in [-0.39, 0.29) is 24.0 Å². The van der Waals surface area contributed by atoms with Crippen molar-refractivity contribution in [3.63, 3.8) is 0 Å². The summed E-state index contributed by atoms with van der Waals surface area (Å²) in [6, 6.07) is 0.173. The van der Waals surface area contributed by atoms with Gasteiger partial charge in [-0.1, -0.05) is 6.92 Å². The van der Waals surface area contributed by atoms with Crippen LogP contribution in [0.1, 0.15) is 39.5 Å². The lowest BCUT2D eigenvalue weighted by molar-refractivity contribution is -0.132. The third-order valence-corrected chi connectivity index (χ3v) is 3.33. The first-order chi connectivity index (χ1) is 9.06. The van der Waals surface area contributed by atoms with Crippen molar-refractivity contribution in [3.05, 3.63) is 0 Å². The number of hydrogen-bond donors (Lipinski definition) is 3. The third kappa shape index (κ3) is 5.57. The topological polar surface area (TPSA) is 93.5 Å². The second kappa shape index (κ2) is 8.12. The van der Waals surface area contributed by atoms with Gasteiger partial charge in [0.1, 0.15) is 6.10 Å². The Hall–Kier alpha value is -1.14. The van der Waals surface area contributed by atoms with Crippen LogP contribution in [0, 0.1) is 0 Å². The molecule has 0 bridgehead atoms. The zero-order valence-corrected chi connectivity index (χ0v) is 11.8. The molecule has 1 saturated heterocycles. The van der Waals surface area contributed by atoms with E-state index >= 15 is 0 Å². The van der Waals surface area contributed by atoms with Gasteiger partial charge in [-0.15, -0.1) is 0 Å². The fraction of sp³-hybridized carbons (Fsp3) is 0.846. The molecule has 110 valence electrons. The minimum Gasteiger partial charge on any atom is -0.364 e. The molecule has 0 aromatic carbocycles. The maximum atomic E-state index is 11.8. The summed E-state index contributed by atoms with van der Waals surface area (Å²) in [6.45, 7) is 4.75. The maximum Gasteiger partial charge on any atom is 0.249 e. The van der Waals surface area contributed by atoms with Gasteiger partial charge in [0.05, 0.1) is 6.10 Å². The molecule has 0 spiro atoms. The molecular formula is C13H25N3O3. The van der Waals surface area contributed by atoms with E-state index in [0.717, 1.165) is 12.8 Å². The van der Waals surface area contributed by atoms with Gasteiger partial charge in [-0.25, -0.2) is 0 Å². The summed E-state index contributed by atoms with van der Waals surface area (Å²) in [5.74, 6) is -0.186. The molecule has 19 heavy (non-hydrogen) atoms. The molecule has 0 aliphatic carbocycles. The summed E-state index contributed by atoms with van der Waals surface area (Å²) in [6.07, 6.45) is 2.30. The van der Waals surface area contributed by atoms with Gasteiger partial charge < -0.3 is 21.1 Å². The van der Waals surface area contributed by atoms with Crippen LogP contribution in [-0.2, 0) is 14.3 Å². The molecule has 6 heteroatoms. The van der Waals surface area contributed by atoms with E-state index in [1.807, 2.05) is 13.8 Å². The van der Waals surface area contributed by atoms with Crippen molar-refractivity contribution in [1.82, 2.24) is 10.6 Å². The SMILES string of the molecule is CCC(C)NC(=O)CCNC(=O)C1CCC(CN)O1. The molecule has 0 aromatic rings. The number of hydrogen-bond acceptors (Lipinski definition) is 4. The summed E-state index contributed by atoms with van der Waals surface area (Å²) in [5.41, 5.74) is 5.49. The number of carbonyl (C=O) groups excluding carboxylic acids is 2. The molecule has 4 N–H and O–H groups in total. The first-order valence-electron chi connectivity index (χ1n) is 6.99. The first kappa shape index (κ1) is 15.9. The standard InChI is InChI=1S/C13H25N3O3/c1-3-9(2)16-12(17)6-7-15-13(18)11-5-4-10(8-14)19-11/h9-11H,3-8,14H2,1-2H3,(H,15,18)(H,16,17).